The zero-order chi connectivity index (χ0) is 17.3. The fourth-order valence-corrected chi connectivity index (χ4v) is 2.09. The van der Waals surface area contributed by atoms with Gasteiger partial charge in [0.05, 0.1) is 0 Å². The molecule has 0 aliphatic heterocycles. The van der Waals surface area contributed by atoms with E-state index in [1.54, 1.807) is 6.07 Å². The number of carbonyl (C=O) groups excluding carboxylic acids is 2. The molecule has 1 unspecified atom stereocenters. The Hall–Kier alpha value is -1.85. The van der Waals surface area contributed by atoms with E-state index >= 15 is 0 Å². The maximum Gasteiger partial charge on any atom is 0.433 e. The Morgan fingerprint density at radius 2 is 1.65 bits per heavy atom. The average molecular weight is 330 g/mol. The summed E-state index contributed by atoms with van der Waals surface area (Å²) in [4.78, 5) is 23.5. The predicted molar refractivity (Wildman–Crippen MR) is 80.1 cm³/mol. The minimum Gasteiger partial charge on any atom is -0.444 e. The molecule has 0 radical (unpaired) electrons. The van der Waals surface area contributed by atoms with Crippen LogP contribution in [0, 0.1) is 0 Å². The Labute approximate surface area is 133 Å². The van der Waals surface area contributed by atoms with E-state index in [4.69, 9.17) is 0 Å². The summed E-state index contributed by atoms with van der Waals surface area (Å²) in [5.41, 5.74) is -0.134. The first-order chi connectivity index (χ1) is 10.9. The van der Waals surface area contributed by atoms with Crippen molar-refractivity contribution in [1.82, 2.24) is 0 Å². The lowest BCUT2D eigenvalue weighted by atomic mass is 10.1. The number of benzene rings is 1. The van der Waals surface area contributed by atoms with Crippen LogP contribution in [0.3, 0.4) is 0 Å². The van der Waals surface area contributed by atoms with Gasteiger partial charge in [0, 0.05) is 12.0 Å². The molecule has 0 N–H and O–H groups in total. The second kappa shape index (κ2) is 9.33. The van der Waals surface area contributed by atoms with E-state index in [2.05, 4.69) is 4.74 Å². The number of ketones is 1. The molecule has 0 fully saturated rings. The lowest BCUT2D eigenvalue weighted by Gasteiger charge is -2.19. The molecule has 0 saturated carbocycles. The third-order valence-corrected chi connectivity index (χ3v) is 3.33. The molecule has 6 heteroatoms. The van der Waals surface area contributed by atoms with Crippen LogP contribution in [0.4, 0.5) is 13.2 Å². The molecule has 1 rings (SSSR count). The summed E-state index contributed by atoms with van der Waals surface area (Å²) in [6, 6.07) is 7.02. The van der Waals surface area contributed by atoms with E-state index in [9.17, 15) is 22.8 Å². The second-order valence-corrected chi connectivity index (χ2v) is 5.31. The van der Waals surface area contributed by atoms with E-state index in [-0.39, 0.29) is 12.0 Å². The van der Waals surface area contributed by atoms with Gasteiger partial charge in [-0.3, -0.25) is 9.59 Å². The Morgan fingerprint density at radius 3 is 2.22 bits per heavy atom. The van der Waals surface area contributed by atoms with Crippen molar-refractivity contribution in [2.75, 3.05) is 0 Å². The predicted octanol–water partition coefficient (Wildman–Crippen LogP) is 4.70. The zero-order valence-electron chi connectivity index (χ0n) is 13.1. The quantitative estimate of drug-likeness (QED) is 0.374. The first-order valence-corrected chi connectivity index (χ1v) is 7.71. The topological polar surface area (TPSA) is 43.4 Å². The molecule has 0 saturated heterocycles. The van der Waals surface area contributed by atoms with Crippen LogP contribution in [-0.4, -0.2) is 24.0 Å². The molecule has 0 bridgehead atoms. The molecule has 1 aromatic rings. The molecular formula is C17H21F3O3. The standard InChI is InChI=1S/C17H21F3O3/c1-2-3-4-5-9-12-14(21)23-16(17(18,19)20)15(22)13-10-7-6-8-11-13/h6-8,10-11,16H,2-5,9,12H2,1H3. The summed E-state index contributed by atoms with van der Waals surface area (Å²) in [5, 5.41) is 0. The van der Waals surface area contributed by atoms with Crippen molar-refractivity contribution in [2.24, 2.45) is 0 Å². The third-order valence-electron chi connectivity index (χ3n) is 3.33. The van der Waals surface area contributed by atoms with Crippen molar-refractivity contribution in [3.63, 3.8) is 0 Å². The highest BCUT2D eigenvalue weighted by molar-refractivity contribution is 6.00. The first-order valence-electron chi connectivity index (χ1n) is 7.71. The van der Waals surface area contributed by atoms with Crippen LogP contribution in [0.1, 0.15) is 55.8 Å². The van der Waals surface area contributed by atoms with Gasteiger partial charge >= 0.3 is 12.1 Å². The van der Waals surface area contributed by atoms with Gasteiger partial charge in [-0.15, -0.1) is 0 Å². The second-order valence-electron chi connectivity index (χ2n) is 5.31. The first kappa shape index (κ1) is 19.2. The molecular weight excluding hydrogens is 309 g/mol. The monoisotopic (exact) mass is 330 g/mol. The van der Waals surface area contributed by atoms with Gasteiger partial charge in [-0.1, -0.05) is 62.9 Å². The van der Waals surface area contributed by atoms with Crippen molar-refractivity contribution in [3.8, 4) is 0 Å². The average Bonchev–Trinajstić information content (AvgIpc) is 2.51. The van der Waals surface area contributed by atoms with Crippen LogP contribution >= 0.6 is 0 Å². The van der Waals surface area contributed by atoms with Crippen LogP contribution in [0.2, 0.25) is 0 Å². The van der Waals surface area contributed by atoms with Gasteiger partial charge < -0.3 is 4.74 Å². The Morgan fingerprint density at radius 1 is 1.04 bits per heavy atom. The molecule has 23 heavy (non-hydrogen) atoms. The van der Waals surface area contributed by atoms with Crippen LogP contribution in [0.5, 0.6) is 0 Å². The highest BCUT2D eigenvalue weighted by Gasteiger charge is 2.48. The summed E-state index contributed by atoms with van der Waals surface area (Å²) in [6.07, 6.45) is -3.58. The van der Waals surface area contributed by atoms with Crippen molar-refractivity contribution < 1.29 is 27.5 Å². The lowest BCUT2D eigenvalue weighted by Crippen LogP contribution is -2.40. The maximum atomic E-state index is 13.0. The van der Waals surface area contributed by atoms with E-state index < -0.39 is 24.0 Å². The number of hydrogen-bond acceptors (Lipinski definition) is 3. The number of halogens is 3. The SMILES string of the molecule is CCCCCCCC(=O)OC(C(=O)c1ccccc1)C(F)(F)F. The number of Topliss-reactive ketones (excluding diaryl/α,β-unsaturated/α-hetero) is 1. The van der Waals surface area contributed by atoms with Crippen molar-refractivity contribution in [2.45, 2.75) is 57.7 Å². The zero-order valence-corrected chi connectivity index (χ0v) is 13.1. The van der Waals surface area contributed by atoms with Crippen LogP contribution in [0.25, 0.3) is 0 Å². The Bertz CT molecular complexity index is 498. The molecule has 0 aromatic heterocycles. The normalized spacial score (nSPS) is 12.7. The minimum atomic E-state index is -4.93. The third kappa shape index (κ3) is 6.84. The summed E-state index contributed by atoms with van der Waals surface area (Å²) in [7, 11) is 0. The van der Waals surface area contributed by atoms with Gasteiger partial charge in [0.15, 0.2) is 0 Å². The van der Waals surface area contributed by atoms with Gasteiger partial charge in [-0.2, -0.15) is 13.2 Å². The van der Waals surface area contributed by atoms with E-state index in [0.717, 1.165) is 25.7 Å². The summed E-state index contributed by atoms with van der Waals surface area (Å²) < 4.78 is 43.4. The number of carbonyl (C=O) groups is 2. The number of hydrogen-bond donors (Lipinski definition) is 0. The van der Waals surface area contributed by atoms with Gasteiger partial charge in [0.2, 0.25) is 5.78 Å². The number of esters is 1. The van der Waals surface area contributed by atoms with Gasteiger partial charge in [0.1, 0.15) is 0 Å². The fourth-order valence-electron chi connectivity index (χ4n) is 2.09. The molecule has 0 aliphatic carbocycles. The van der Waals surface area contributed by atoms with Crippen molar-refractivity contribution in [3.05, 3.63) is 35.9 Å². The summed E-state index contributed by atoms with van der Waals surface area (Å²) in [6.45, 7) is 2.04. The summed E-state index contributed by atoms with van der Waals surface area (Å²) in [5.74, 6) is -2.24. The molecule has 0 spiro atoms. The summed E-state index contributed by atoms with van der Waals surface area (Å²) >= 11 is 0. The molecule has 0 amide bonds. The van der Waals surface area contributed by atoms with E-state index in [0.29, 0.717) is 6.42 Å². The van der Waals surface area contributed by atoms with Crippen LogP contribution in [0.15, 0.2) is 30.3 Å². The number of alkyl halides is 3. The van der Waals surface area contributed by atoms with Gasteiger partial charge in [0.25, 0.3) is 6.10 Å². The van der Waals surface area contributed by atoms with E-state index in [1.807, 2.05) is 6.92 Å². The minimum absolute atomic E-state index is 0.113. The number of ether oxygens (including phenoxy) is 1. The lowest BCUT2D eigenvalue weighted by molar-refractivity contribution is -0.207. The van der Waals surface area contributed by atoms with Gasteiger partial charge in [-0.25, -0.2) is 0 Å². The Kier molecular flexibility index (Phi) is 7.78. The molecule has 128 valence electrons. The van der Waals surface area contributed by atoms with Crippen molar-refractivity contribution in [1.29, 1.82) is 0 Å². The van der Waals surface area contributed by atoms with Crippen LogP contribution < -0.4 is 0 Å². The molecule has 0 heterocycles. The molecule has 3 nitrogen and oxygen atoms in total. The molecule has 1 aromatic carbocycles. The number of unbranched alkanes of at least 4 members (excludes halogenated alkanes) is 4. The van der Waals surface area contributed by atoms with Crippen molar-refractivity contribution >= 4 is 11.8 Å². The van der Waals surface area contributed by atoms with Gasteiger partial charge in [-0.05, 0) is 6.42 Å². The largest absolute Gasteiger partial charge is 0.444 e. The highest BCUT2D eigenvalue weighted by atomic mass is 19.4. The fraction of sp³-hybridized carbons (Fsp3) is 0.529. The Balaban J connectivity index is 2.62. The number of rotatable bonds is 9. The molecule has 1 atom stereocenters. The maximum absolute atomic E-state index is 13.0. The highest BCUT2D eigenvalue weighted by Crippen LogP contribution is 2.26. The van der Waals surface area contributed by atoms with Crippen LogP contribution in [-0.2, 0) is 9.53 Å². The smallest absolute Gasteiger partial charge is 0.433 e. The molecule has 0 aliphatic rings. The van der Waals surface area contributed by atoms with E-state index in [1.165, 1.54) is 24.3 Å².